The minimum Gasteiger partial charge on any atom is -0.338 e. The van der Waals surface area contributed by atoms with Gasteiger partial charge in [-0.25, -0.2) is 0 Å². The van der Waals surface area contributed by atoms with Crippen LogP contribution < -0.4 is 0 Å². The second kappa shape index (κ2) is 22.1. The first-order chi connectivity index (χ1) is 22.6. The minimum atomic E-state index is -0.148. The Kier molecular flexibility index (Phi) is 19.9. The number of benzene rings is 2. The van der Waals surface area contributed by atoms with Gasteiger partial charge in [-0.05, 0) is 133 Å². The van der Waals surface area contributed by atoms with Gasteiger partial charge in [-0.15, -0.1) is 0 Å². The Balaban J connectivity index is 2.45. The zero-order chi connectivity index (χ0) is 36.0. The third-order valence-electron chi connectivity index (χ3n) is 7.39. The predicted molar refractivity (Wildman–Crippen MR) is 209 cm³/mol. The van der Waals surface area contributed by atoms with Crippen LogP contribution in [0.25, 0.3) is 0 Å². The van der Waals surface area contributed by atoms with Gasteiger partial charge in [0.15, 0.2) is 0 Å². The summed E-state index contributed by atoms with van der Waals surface area (Å²) < 4.78 is 0. The number of hydrogen-bond donors (Lipinski definition) is 0. The fraction of sp³-hybridized carbons (Fsp3) is 0.588. The Labute approximate surface area is 316 Å². The first-order valence-electron chi connectivity index (χ1n) is 16.1. The highest BCUT2D eigenvalue weighted by Gasteiger charge is 2.26. The first kappa shape index (κ1) is 43.2. The van der Waals surface area contributed by atoms with Crippen LogP contribution in [-0.4, -0.2) is 150 Å². The molecule has 270 valence electrons. The van der Waals surface area contributed by atoms with Crippen LogP contribution in [0.15, 0.2) is 34.1 Å². The molecule has 0 aliphatic carbocycles. The van der Waals surface area contributed by atoms with Gasteiger partial charge in [0.25, 0.3) is 11.8 Å². The van der Waals surface area contributed by atoms with Crippen LogP contribution >= 0.6 is 68.0 Å². The fourth-order valence-electron chi connectivity index (χ4n) is 4.99. The zero-order valence-corrected chi connectivity index (χ0v) is 34.3. The third kappa shape index (κ3) is 15.1. The summed E-state index contributed by atoms with van der Waals surface area (Å²) in [7, 11) is 18.8. The maximum Gasteiger partial charge on any atom is 0.256 e. The molecule has 2 aromatic rings. The molecule has 0 aromatic heterocycles. The lowest BCUT2D eigenvalue weighted by Crippen LogP contribution is -2.36. The van der Waals surface area contributed by atoms with Crippen molar-refractivity contribution in [2.45, 2.75) is 35.5 Å². The number of carbonyl (C=O) groups is 2. The van der Waals surface area contributed by atoms with E-state index >= 15 is 0 Å². The van der Waals surface area contributed by atoms with Gasteiger partial charge < -0.3 is 29.4 Å². The molecule has 0 fully saturated rings. The Morgan fingerprint density at radius 1 is 0.479 bits per heavy atom. The van der Waals surface area contributed by atoms with Crippen molar-refractivity contribution in [2.24, 2.45) is 0 Å². The molecule has 0 aliphatic heterocycles. The van der Waals surface area contributed by atoms with E-state index in [-0.39, 0.29) is 21.9 Å². The second-order valence-corrected chi connectivity index (χ2v) is 16.8. The largest absolute Gasteiger partial charge is 0.338 e. The second-order valence-electron chi connectivity index (χ2n) is 12.9. The van der Waals surface area contributed by atoms with Crippen LogP contribution in [0.5, 0.6) is 0 Å². The normalized spacial score (nSPS) is 11.8. The average Bonchev–Trinajstić information content (AvgIpc) is 2.96. The molecule has 0 saturated carbocycles. The molecular formula is C34H52Cl4N6O2S2. The van der Waals surface area contributed by atoms with Crippen molar-refractivity contribution < 1.29 is 9.59 Å². The Morgan fingerprint density at radius 3 is 1.00 bits per heavy atom. The molecule has 0 radical (unpaired) electrons. The molecule has 0 saturated heterocycles. The molecule has 14 heteroatoms. The maximum atomic E-state index is 14.2. The van der Waals surface area contributed by atoms with Crippen LogP contribution in [0.3, 0.4) is 0 Å². The van der Waals surface area contributed by atoms with Crippen LogP contribution in [0.1, 0.15) is 46.4 Å². The maximum absolute atomic E-state index is 14.2. The molecule has 8 nitrogen and oxygen atoms in total. The van der Waals surface area contributed by atoms with Gasteiger partial charge in [-0.3, -0.25) is 9.59 Å². The molecule has 2 amide bonds. The van der Waals surface area contributed by atoms with Crippen molar-refractivity contribution in [2.75, 3.05) is 109 Å². The van der Waals surface area contributed by atoms with Crippen molar-refractivity contribution in [1.29, 1.82) is 0 Å². The number of amides is 2. The quantitative estimate of drug-likeness (QED) is 0.119. The van der Waals surface area contributed by atoms with Crippen molar-refractivity contribution in [3.8, 4) is 0 Å². The lowest BCUT2D eigenvalue weighted by molar-refractivity contribution is 0.0734. The highest BCUT2D eigenvalue weighted by Crippen LogP contribution is 2.46. The summed E-state index contributed by atoms with van der Waals surface area (Å²) in [6, 6.07) is 6.71. The van der Waals surface area contributed by atoms with E-state index in [1.807, 2.05) is 66.2 Å². The van der Waals surface area contributed by atoms with Crippen LogP contribution in [0.4, 0.5) is 0 Å². The third-order valence-corrected chi connectivity index (χ3v) is 10.8. The number of carbonyl (C=O) groups excluding carboxylic acids is 2. The van der Waals surface area contributed by atoms with Gasteiger partial charge in [0.1, 0.15) is 0 Å². The predicted octanol–water partition coefficient (Wildman–Crippen LogP) is 7.79. The molecule has 0 aliphatic rings. The van der Waals surface area contributed by atoms with Gasteiger partial charge in [0, 0.05) is 46.0 Å². The van der Waals surface area contributed by atoms with E-state index in [9.17, 15) is 9.59 Å². The van der Waals surface area contributed by atoms with Gasteiger partial charge >= 0.3 is 0 Å². The van der Waals surface area contributed by atoms with Crippen molar-refractivity contribution in [3.05, 3.63) is 55.5 Å². The molecule has 0 bridgehead atoms. The summed E-state index contributed by atoms with van der Waals surface area (Å²) >= 11 is 26.5. The van der Waals surface area contributed by atoms with Gasteiger partial charge in [-0.2, -0.15) is 0 Å². The van der Waals surface area contributed by atoms with E-state index in [2.05, 4.69) is 19.6 Å². The smallest absolute Gasteiger partial charge is 0.256 e. The van der Waals surface area contributed by atoms with E-state index in [1.54, 1.807) is 24.3 Å². The fourth-order valence-corrected chi connectivity index (χ4v) is 8.80. The van der Waals surface area contributed by atoms with E-state index in [4.69, 9.17) is 46.4 Å². The molecule has 48 heavy (non-hydrogen) atoms. The van der Waals surface area contributed by atoms with Crippen LogP contribution in [0.2, 0.25) is 20.1 Å². The number of nitrogens with zero attached hydrogens (tertiary/aromatic N) is 6. The van der Waals surface area contributed by atoms with Gasteiger partial charge in [0.2, 0.25) is 0 Å². The topological polar surface area (TPSA) is 53.6 Å². The summed E-state index contributed by atoms with van der Waals surface area (Å²) in [6.45, 7) is 5.82. The highest BCUT2D eigenvalue weighted by atomic mass is 35.5. The Morgan fingerprint density at radius 2 is 0.750 bits per heavy atom. The molecule has 0 atom stereocenters. The van der Waals surface area contributed by atoms with Crippen LogP contribution in [-0.2, 0) is 0 Å². The van der Waals surface area contributed by atoms with Crippen molar-refractivity contribution >= 4 is 79.8 Å². The first-order valence-corrected chi connectivity index (χ1v) is 19.8. The van der Waals surface area contributed by atoms with Crippen molar-refractivity contribution in [1.82, 2.24) is 29.4 Å². The van der Waals surface area contributed by atoms with Gasteiger partial charge in [-0.1, -0.05) is 68.0 Å². The summed E-state index contributed by atoms with van der Waals surface area (Å²) in [6.07, 6.45) is 3.31. The average molecular weight is 783 g/mol. The SMILES string of the molecule is CN(C)CCCN(CCCN(C)C)C(=O)c1c(Cl)cc(Cl)cc1SSc1cc(Cl)cc(Cl)c1C(=O)N(CCCN(C)C)CCCN(C)C. The highest BCUT2D eigenvalue weighted by molar-refractivity contribution is 8.76. The van der Waals surface area contributed by atoms with E-state index in [0.717, 1.165) is 51.9 Å². The van der Waals surface area contributed by atoms with Crippen LogP contribution in [0, 0.1) is 0 Å². The number of hydrogen-bond acceptors (Lipinski definition) is 8. The number of halogens is 4. The van der Waals surface area contributed by atoms with Crippen molar-refractivity contribution in [3.63, 3.8) is 0 Å². The van der Waals surface area contributed by atoms with E-state index in [0.29, 0.717) is 57.1 Å². The Hall–Kier alpha value is -0.920. The Bertz CT molecular complexity index is 1210. The molecule has 2 aromatic carbocycles. The zero-order valence-electron chi connectivity index (χ0n) is 29.6. The standard InChI is InChI=1S/C34H52Cl4N6O2S2/c1-39(2)13-9-17-43(18-10-14-40(3)4)33(45)31-27(37)21-25(35)23-29(31)47-48-30-24-26(36)22-28(38)32(30)34(46)44(19-11-15-41(5)6)20-12-16-42(7)8/h21-24H,9-20H2,1-8H3. The molecule has 0 heterocycles. The molecule has 2 rings (SSSR count). The summed E-state index contributed by atoms with van der Waals surface area (Å²) in [5.74, 6) is -0.295. The minimum absolute atomic E-state index is 0.148. The summed E-state index contributed by atoms with van der Waals surface area (Å²) in [5, 5.41) is 1.41. The van der Waals surface area contributed by atoms with Gasteiger partial charge in [0.05, 0.1) is 21.2 Å². The number of rotatable bonds is 21. The molecule has 0 spiro atoms. The summed E-state index contributed by atoms with van der Waals surface area (Å²) in [5.41, 5.74) is 0.784. The lowest BCUT2D eigenvalue weighted by Gasteiger charge is -2.26. The lowest BCUT2D eigenvalue weighted by atomic mass is 10.1. The molecular weight excluding hydrogens is 730 g/mol. The van der Waals surface area contributed by atoms with E-state index in [1.165, 1.54) is 21.6 Å². The molecule has 0 N–H and O–H groups in total. The molecule has 0 unspecified atom stereocenters. The monoisotopic (exact) mass is 780 g/mol. The van der Waals surface area contributed by atoms with E-state index < -0.39 is 0 Å². The summed E-state index contributed by atoms with van der Waals surface area (Å²) in [4.78, 5) is 41.7.